The number of aromatic nitrogens is 1. The smallest absolute Gasteiger partial charge is 0.407 e. The van der Waals surface area contributed by atoms with Crippen LogP contribution in [-0.2, 0) is 16.1 Å². The highest BCUT2D eigenvalue weighted by Gasteiger charge is 2.31. The normalized spacial score (nSPS) is 12.5. The van der Waals surface area contributed by atoms with Crippen LogP contribution in [-0.4, -0.2) is 40.4 Å². The van der Waals surface area contributed by atoms with Gasteiger partial charge in [-0.05, 0) is 36.1 Å². The number of amides is 2. The van der Waals surface area contributed by atoms with Crippen LogP contribution in [0.3, 0.4) is 0 Å². The third kappa shape index (κ3) is 4.57. The SMILES string of the molecule is CC(C)(NC(=O)c1cc(CNC(=O)OCC2c3ccccc3-c3ccccc32)on1)C(=O)O. The van der Waals surface area contributed by atoms with Gasteiger partial charge in [0.05, 0.1) is 6.54 Å². The van der Waals surface area contributed by atoms with E-state index >= 15 is 0 Å². The number of ether oxygens (including phenoxy) is 1. The summed E-state index contributed by atoms with van der Waals surface area (Å²) in [7, 11) is 0. The minimum absolute atomic E-state index is 0.0424. The van der Waals surface area contributed by atoms with Crippen LogP contribution >= 0.6 is 0 Å². The average Bonchev–Trinajstić information content (AvgIpc) is 3.39. The molecule has 0 spiro atoms. The molecule has 3 N–H and O–H groups in total. The summed E-state index contributed by atoms with van der Waals surface area (Å²) in [6, 6.07) is 17.4. The van der Waals surface area contributed by atoms with E-state index in [4.69, 9.17) is 14.4 Å². The van der Waals surface area contributed by atoms with Crippen LogP contribution in [0.2, 0.25) is 0 Å². The Kier molecular flexibility index (Phi) is 5.87. The second-order valence-electron chi connectivity index (χ2n) is 8.24. The fourth-order valence-electron chi connectivity index (χ4n) is 3.71. The number of carboxylic acid groups (broad SMARTS) is 1. The minimum Gasteiger partial charge on any atom is -0.480 e. The fraction of sp³-hybridized carbons (Fsp3) is 0.250. The molecule has 1 aromatic heterocycles. The van der Waals surface area contributed by atoms with E-state index in [0.29, 0.717) is 0 Å². The van der Waals surface area contributed by atoms with E-state index in [2.05, 4.69) is 27.9 Å². The molecule has 170 valence electrons. The molecule has 0 bridgehead atoms. The number of carbonyl (C=O) groups is 3. The Labute approximate surface area is 189 Å². The summed E-state index contributed by atoms with van der Waals surface area (Å²) in [6.45, 7) is 2.84. The lowest BCUT2D eigenvalue weighted by atomic mass is 9.98. The van der Waals surface area contributed by atoms with Gasteiger partial charge < -0.3 is 25.0 Å². The third-order valence-corrected chi connectivity index (χ3v) is 5.50. The molecular formula is C24H23N3O6. The molecule has 1 aliphatic carbocycles. The maximum atomic E-state index is 12.3. The van der Waals surface area contributed by atoms with Crippen molar-refractivity contribution >= 4 is 18.0 Å². The van der Waals surface area contributed by atoms with Crippen molar-refractivity contribution in [3.63, 3.8) is 0 Å². The van der Waals surface area contributed by atoms with E-state index < -0.39 is 23.5 Å². The summed E-state index contributed by atoms with van der Waals surface area (Å²) in [6.07, 6.45) is -0.633. The van der Waals surface area contributed by atoms with Gasteiger partial charge in [-0.25, -0.2) is 9.59 Å². The first-order chi connectivity index (χ1) is 15.8. The zero-order valence-electron chi connectivity index (χ0n) is 18.1. The molecule has 1 aliphatic rings. The van der Waals surface area contributed by atoms with Gasteiger partial charge in [0.25, 0.3) is 5.91 Å². The van der Waals surface area contributed by atoms with Crippen molar-refractivity contribution in [2.24, 2.45) is 0 Å². The number of nitrogens with zero attached hydrogens (tertiary/aromatic N) is 1. The second-order valence-corrected chi connectivity index (χ2v) is 8.24. The molecule has 0 atom stereocenters. The summed E-state index contributed by atoms with van der Waals surface area (Å²) in [5.41, 5.74) is 2.95. The molecule has 4 rings (SSSR count). The largest absolute Gasteiger partial charge is 0.480 e. The quantitative estimate of drug-likeness (QED) is 0.504. The van der Waals surface area contributed by atoms with Crippen LogP contribution in [0.4, 0.5) is 4.79 Å². The van der Waals surface area contributed by atoms with Crippen molar-refractivity contribution in [2.45, 2.75) is 31.8 Å². The van der Waals surface area contributed by atoms with E-state index in [1.165, 1.54) is 19.9 Å². The number of carboxylic acids is 1. The highest BCUT2D eigenvalue weighted by Crippen LogP contribution is 2.44. The van der Waals surface area contributed by atoms with Gasteiger partial charge in [-0.15, -0.1) is 0 Å². The zero-order valence-corrected chi connectivity index (χ0v) is 18.1. The van der Waals surface area contributed by atoms with E-state index in [1.807, 2.05) is 36.4 Å². The summed E-state index contributed by atoms with van der Waals surface area (Å²) < 4.78 is 10.5. The Morgan fingerprint density at radius 3 is 2.27 bits per heavy atom. The number of carbonyl (C=O) groups excluding carboxylic acids is 2. The van der Waals surface area contributed by atoms with Gasteiger partial charge in [-0.3, -0.25) is 4.79 Å². The molecule has 0 saturated carbocycles. The maximum absolute atomic E-state index is 12.3. The third-order valence-electron chi connectivity index (χ3n) is 5.50. The van der Waals surface area contributed by atoms with Crippen LogP contribution in [0.25, 0.3) is 11.1 Å². The first-order valence-electron chi connectivity index (χ1n) is 10.4. The molecule has 0 aliphatic heterocycles. The lowest BCUT2D eigenvalue weighted by Crippen LogP contribution is -2.49. The number of fused-ring (bicyclic) bond motifs is 3. The number of hydrogen-bond donors (Lipinski definition) is 3. The molecule has 0 saturated heterocycles. The van der Waals surface area contributed by atoms with Crippen molar-refractivity contribution in [1.82, 2.24) is 15.8 Å². The standard InChI is InChI=1S/C24H23N3O6/c1-24(2,22(29)30)26-21(28)20-11-14(33-27-20)12-25-23(31)32-13-19-17-9-5-3-7-15(17)16-8-4-6-10-18(16)19/h3-11,19H,12-13H2,1-2H3,(H,25,31)(H,26,28)(H,29,30). The number of hydrogen-bond acceptors (Lipinski definition) is 6. The highest BCUT2D eigenvalue weighted by molar-refractivity contribution is 5.96. The molecule has 0 radical (unpaired) electrons. The van der Waals surface area contributed by atoms with Gasteiger partial charge in [0.2, 0.25) is 0 Å². The summed E-state index contributed by atoms with van der Waals surface area (Å²) in [4.78, 5) is 35.6. The number of benzene rings is 2. The van der Waals surface area contributed by atoms with Gasteiger partial charge in [0.1, 0.15) is 12.1 Å². The molecule has 0 unspecified atom stereocenters. The van der Waals surface area contributed by atoms with Crippen LogP contribution < -0.4 is 10.6 Å². The van der Waals surface area contributed by atoms with Crippen molar-refractivity contribution in [3.8, 4) is 11.1 Å². The molecule has 2 aromatic carbocycles. The summed E-state index contributed by atoms with van der Waals surface area (Å²) in [5.74, 6) is -1.71. The predicted octanol–water partition coefficient (Wildman–Crippen LogP) is 3.31. The lowest BCUT2D eigenvalue weighted by molar-refractivity contribution is -0.143. The Bertz CT molecular complexity index is 1170. The van der Waals surface area contributed by atoms with Crippen molar-refractivity contribution in [1.29, 1.82) is 0 Å². The molecular weight excluding hydrogens is 426 g/mol. The van der Waals surface area contributed by atoms with E-state index in [9.17, 15) is 14.4 Å². The van der Waals surface area contributed by atoms with Crippen LogP contribution in [0, 0.1) is 0 Å². The number of rotatable bonds is 7. The fourth-order valence-corrected chi connectivity index (χ4v) is 3.71. The Hall–Kier alpha value is -4.14. The maximum Gasteiger partial charge on any atom is 0.407 e. The summed E-state index contributed by atoms with van der Waals surface area (Å²) >= 11 is 0. The molecule has 1 heterocycles. The van der Waals surface area contributed by atoms with Gasteiger partial charge in [-0.1, -0.05) is 53.7 Å². The number of aliphatic carboxylic acids is 1. The number of nitrogens with one attached hydrogen (secondary N) is 2. The van der Waals surface area contributed by atoms with Gasteiger partial charge >= 0.3 is 12.1 Å². The molecule has 9 heteroatoms. The Balaban J connectivity index is 1.32. The first-order valence-corrected chi connectivity index (χ1v) is 10.4. The molecule has 3 aromatic rings. The monoisotopic (exact) mass is 449 g/mol. The lowest BCUT2D eigenvalue weighted by Gasteiger charge is -2.19. The zero-order chi connectivity index (χ0) is 23.6. The molecule has 2 amide bonds. The predicted molar refractivity (Wildman–Crippen MR) is 118 cm³/mol. The Morgan fingerprint density at radius 2 is 1.67 bits per heavy atom. The van der Waals surface area contributed by atoms with Crippen molar-refractivity contribution in [3.05, 3.63) is 77.2 Å². The molecule has 9 nitrogen and oxygen atoms in total. The summed E-state index contributed by atoms with van der Waals surface area (Å²) in [5, 5.41) is 17.6. The highest BCUT2D eigenvalue weighted by atomic mass is 16.5. The molecule has 33 heavy (non-hydrogen) atoms. The van der Waals surface area contributed by atoms with Crippen LogP contribution in [0.1, 0.15) is 47.1 Å². The van der Waals surface area contributed by atoms with Crippen molar-refractivity contribution < 1.29 is 28.8 Å². The van der Waals surface area contributed by atoms with Crippen LogP contribution in [0.15, 0.2) is 59.1 Å². The van der Waals surface area contributed by atoms with E-state index in [-0.39, 0.29) is 30.5 Å². The first kappa shape index (κ1) is 22.1. The van der Waals surface area contributed by atoms with E-state index in [0.717, 1.165) is 22.3 Å². The van der Waals surface area contributed by atoms with Gasteiger partial charge in [0, 0.05) is 12.0 Å². The average molecular weight is 449 g/mol. The van der Waals surface area contributed by atoms with Gasteiger partial charge in [0.15, 0.2) is 11.5 Å². The molecule has 0 fully saturated rings. The second kappa shape index (κ2) is 8.78. The Morgan fingerprint density at radius 1 is 1.06 bits per heavy atom. The van der Waals surface area contributed by atoms with E-state index in [1.54, 1.807) is 0 Å². The van der Waals surface area contributed by atoms with Crippen molar-refractivity contribution in [2.75, 3.05) is 6.61 Å². The van der Waals surface area contributed by atoms with Crippen LogP contribution in [0.5, 0.6) is 0 Å². The number of alkyl carbamates (subject to hydrolysis) is 1. The topological polar surface area (TPSA) is 131 Å². The van der Waals surface area contributed by atoms with Gasteiger partial charge in [-0.2, -0.15) is 0 Å². The minimum atomic E-state index is -1.46.